The average molecular weight is 269 g/mol. The van der Waals surface area contributed by atoms with Gasteiger partial charge in [-0.3, -0.25) is 0 Å². The van der Waals surface area contributed by atoms with Crippen LogP contribution in [0.4, 0.5) is 6.01 Å². The lowest BCUT2D eigenvalue weighted by molar-refractivity contribution is 0.0519. The Hall–Kier alpha value is -1.56. The Morgan fingerprint density at radius 1 is 1.42 bits per heavy atom. The van der Waals surface area contributed by atoms with Gasteiger partial charge in [-0.15, -0.1) is 0 Å². The van der Waals surface area contributed by atoms with Crippen molar-refractivity contribution in [2.45, 2.75) is 27.2 Å². The summed E-state index contributed by atoms with van der Waals surface area (Å²) in [6.45, 7) is 10.3. The highest BCUT2D eigenvalue weighted by Gasteiger charge is 2.12. The van der Waals surface area contributed by atoms with Crippen LogP contribution in [0, 0.1) is 0 Å². The van der Waals surface area contributed by atoms with Crippen molar-refractivity contribution in [1.82, 2.24) is 9.88 Å². The van der Waals surface area contributed by atoms with Gasteiger partial charge in [0, 0.05) is 6.54 Å². The number of nitrogens with zero attached hydrogens (tertiary/aromatic N) is 2. The molecule has 0 aromatic carbocycles. The third-order valence-corrected chi connectivity index (χ3v) is 2.81. The molecular weight excluding hydrogens is 246 g/mol. The van der Waals surface area contributed by atoms with Gasteiger partial charge in [0.1, 0.15) is 6.26 Å². The van der Waals surface area contributed by atoms with Crippen LogP contribution in [-0.4, -0.2) is 48.6 Å². The molecule has 1 N–H and O–H groups in total. The van der Waals surface area contributed by atoms with Crippen LogP contribution < -0.4 is 5.32 Å². The van der Waals surface area contributed by atoms with Crippen LogP contribution >= 0.6 is 0 Å². The number of carbonyl (C=O) groups is 1. The topological polar surface area (TPSA) is 67.6 Å². The molecule has 0 bridgehead atoms. The van der Waals surface area contributed by atoms with Crippen molar-refractivity contribution in [3.8, 4) is 0 Å². The molecule has 1 rings (SSSR count). The molecule has 108 valence electrons. The minimum absolute atomic E-state index is 0.202. The Morgan fingerprint density at radius 3 is 2.79 bits per heavy atom. The lowest BCUT2D eigenvalue weighted by Crippen LogP contribution is -2.25. The van der Waals surface area contributed by atoms with E-state index in [1.165, 1.54) is 6.26 Å². The molecule has 1 heterocycles. The Kier molecular flexibility index (Phi) is 6.95. The summed E-state index contributed by atoms with van der Waals surface area (Å²) in [5, 5.41) is 3.05. The smallest absolute Gasteiger partial charge is 0.360 e. The van der Waals surface area contributed by atoms with Crippen LogP contribution in [-0.2, 0) is 4.74 Å². The second-order valence-corrected chi connectivity index (χ2v) is 4.07. The van der Waals surface area contributed by atoms with Crippen LogP contribution in [0.2, 0.25) is 0 Å². The van der Waals surface area contributed by atoms with Crippen molar-refractivity contribution in [3.05, 3.63) is 12.0 Å². The number of aromatic nitrogens is 1. The molecule has 6 nitrogen and oxygen atoms in total. The molecule has 6 heteroatoms. The van der Waals surface area contributed by atoms with Gasteiger partial charge in [-0.1, -0.05) is 13.8 Å². The quantitative estimate of drug-likeness (QED) is 0.546. The zero-order chi connectivity index (χ0) is 14.1. The third-order valence-electron chi connectivity index (χ3n) is 2.81. The van der Waals surface area contributed by atoms with Crippen LogP contribution in [0.3, 0.4) is 0 Å². The van der Waals surface area contributed by atoms with Crippen LogP contribution in [0.5, 0.6) is 0 Å². The highest BCUT2D eigenvalue weighted by Crippen LogP contribution is 2.08. The molecule has 0 fully saturated rings. The number of esters is 1. The largest absolute Gasteiger partial charge is 0.461 e. The molecule has 0 atom stereocenters. The van der Waals surface area contributed by atoms with Crippen molar-refractivity contribution in [2.24, 2.45) is 0 Å². The fourth-order valence-corrected chi connectivity index (χ4v) is 1.69. The van der Waals surface area contributed by atoms with Gasteiger partial charge < -0.3 is 19.4 Å². The molecule has 0 aliphatic rings. The van der Waals surface area contributed by atoms with Crippen molar-refractivity contribution in [1.29, 1.82) is 0 Å². The molecule has 1 aromatic rings. The van der Waals surface area contributed by atoms with E-state index in [9.17, 15) is 4.79 Å². The second kappa shape index (κ2) is 8.53. The maximum atomic E-state index is 11.4. The molecule has 0 spiro atoms. The molecule has 1 aromatic heterocycles. The van der Waals surface area contributed by atoms with E-state index in [0.717, 1.165) is 32.6 Å². The zero-order valence-corrected chi connectivity index (χ0v) is 11.9. The van der Waals surface area contributed by atoms with E-state index in [4.69, 9.17) is 9.15 Å². The van der Waals surface area contributed by atoms with E-state index in [1.54, 1.807) is 6.92 Å². The van der Waals surface area contributed by atoms with E-state index in [2.05, 4.69) is 29.0 Å². The van der Waals surface area contributed by atoms with Gasteiger partial charge in [0.15, 0.2) is 5.69 Å². The summed E-state index contributed by atoms with van der Waals surface area (Å²) in [6.07, 6.45) is 2.31. The van der Waals surface area contributed by atoms with Crippen molar-refractivity contribution in [3.63, 3.8) is 0 Å². The summed E-state index contributed by atoms with van der Waals surface area (Å²) in [5.74, 6) is -0.456. The van der Waals surface area contributed by atoms with Gasteiger partial charge in [-0.25, -0.2) is 4.79 Å². The SMILES string of the molecule is CCOC(=O)c1coc(NCCCN(CC)CC)n1. The summed E-state index contributed by atoms with van der Waals surface area (Å²) in [7, 11) is 0. The van der Waals surface area contributed by atoms with Gasteiger partial charge in [-0.2, -0.15) is 4.98 Å². The average Bonchev–Trinajstić information content (AvgIpc) is 2.88. The Balaban J connectivity index is 2.28. The van der Waals surface area contributed by atoms with Crippen LogP contribution in [0.1, 0.15) is 37.7 Å². The number of rotatable bonds is 9. The molecule has 19 heavy (non-hydrogen) atoms. The summed E-state index contributed by atoms with van der Waals surface area (Å²) < 4.78 is 9.99. The fourth-order valence-electron chi connectivity index (χ4n) is 1.69. The fraction of sp³-hybridized carbons (Fsp3) is 0.692. The van der Waals surface area contributed by atoms with E-state index in [-0.39, 0.29) is 5.69 Å². The number of oxazole rings is 1. The van der Waals surface area contributed by atoms with Gasteiger partial charge in [0.2, 0.25) is 0 Å². The number of ether oxygens (including phenoxy) is 1. The van der Waals surface area contributed by atoms with Gasteiger partial charge >= 0.3 is 5.97 Å². The van der Waals surface area contributed by atoms with Crippen molar-refractivity contribution >= 4 is 12.0 Å². The molecule has 0 amide bonds. The molecule has 0 aliphatic heterocycles. The Bertz CT molecular complexity index is 375. The number of hydrogen-bond acceptors (Lipinski definition) is 6. The maximum Gasteiger partial charge on any atom is 0.360 e. The van der Waals surface area contributed by atoms with Gasteiger partial charge in [0.25, 0.3) is 6.01 Å². The lowest BCUT2D eigenvalue weighted by atomic mass is 10.3. The molecule has 0 radical (unpaired) electrons. The summed E-state index contributed by atoms with van der Waals surface area (Å²) in [4.78, 5) is 17.7. The van der Waals surface area contributed by atoms with Crippen LogP contribution in [0.15, 0.2) is 10.7 Å². The normalized spacial score (nSPS) is 10.7. The monoisotopic (exact) mass is 269 g/mol. The molecular formula is C13H23N3O3. The van der Waals surface area contributed by atoms with Crippen molar-refractivity contribution < 1.29 is 13.9 Å². The number of hydrogen-bond donors (Lipinski definition) is 1. The van der Waals surface area contributed by atoms with Gasteiger partial charge in [-0.05, 0) is 33.0 Å². The van der Waals surface area contributed by atoms with E-state index in [1.807, 2.05) is 0 Å². The summed E-state index contributed by atoms with van der Waals surface area (Å²) >= 11 is 0. The highest BCUT2D eigenvalue weighted by molar-refractivity contribution is 5.87. The predicted molar refractivity (Wildman–Crippen MR) is 73.4 cm³/mol. The first-order chi connectivity index (χ1) is 9.21. The predicted octanol–water partition coefficient (Wildman–Crippen LogP) is 2.00. The first kappa shape index (κ1) is 15.5. The minimum Gasteiger partial charge on any atom is -0.461 e. The maximum absolute atomic E-state index is 11.4. The lowest BCUT2D eigenvalue weighted by Gasteiger charge is -2.17. The Labute approximate surface area is 114 Å². The highest BCUT2D eigenvalue weighted by atomic mass is 16.5. The van der Waals surface area contributed by atoms with E-state index in [0.29, 0.717) is 12.6 Å². The van der Waals surface area contributed by atoms with E-state index < -0.39 is 5.97 Å². The minimum atomic E-state index is -0.456. The molecule has 0 saturated heterocycles. The van der Waals surface area contributed by atoms with Crippen molar-refractivity contribution in [2.75, 3.05) is 38.1 Å². The van der Waals surface area contributed by atoms with Crippen LogP contribution in [0.25, 0.3) is 0 Å². The first-order valence-corrected chi connectivity index (χ1v) is 6.80. The Morgan fingerprint density at radius 2 is 2.16 bits per heavy atom. The molecule has 0 unspecified atom stereocenters. The standard InChI is InChI=1S/C13H23N3O3/c1-4-16(5-2)9-7-8-14-13-15-11(10-19-13)12(17)18-6-3/h10H,4-9H2,1-3H3,(H,14,15). The number of carbonyl (C=O) groups excluding carboxylic acids is 1. The van der Waals surface area contributed by atoms with Gasteiger partial charge in [0.05, 0.1) is 6.61 Å². The third kappa shape index (κ3) is 5.30. The summed E-state index contributed by atoms with van der Waals surface area (Å²) in [6, 6.07) is 0.364. The van der Waals surface area contributed by atoms with E-state index >= 15 is 0 Å². The first-order valence-electron chi connectivity index (χ1n) is 6.80. The number of anilines is 1. The number of nitrogens with one attached hydrogen (secondary N) is 1. The molecule has 0 saturated carbocycles. The molecule has 0 aliphatic carbocycles. The second-order valence-electron chi connectivity index (χ2n) is 4.07. The summed E-state index contributed by atoms with van der Waals surface area (Å²) in [5.41, 5.74) is 0.202. The zero-order valence-electron chi connectivity index (χ0n) is 11.9.